The molecule has 1 atom stereocenters. The van der Waals surface area contributed by atoms with Crippen molar-refractivity contribution in [3.63, 3.8) is 0 Å². The van der Waals surface area contributed by atoms with Crippen molar-refractivity contribution in [2.24, 2.45) is 0 Å². The van der Waals surface area contributed by atoms with Gasteiger partial charge < -0.3 is 14.5 Å². The highest BCUT2D eigenvalue weighted by atomic mass is 79.9. The molecule has 6 heteroatoms. The van der Waals surface area contributed by atoms with Crippen LogP contribution in [0.3, 0.4) is 0 Å². The molecule has 26 heavy (non-hydrogen) atoms. The zero-order valence-corrected chi connectivity index (χ0v) is 16.4. The molecule has 2 amide bonds. The standard InChI is InChI=1S/C20H21BrN2O3/c1-14(24)22-11-12-23(17-9-5-6-10-19(17)26-2)20(25)18(22)13-15-7-3-4-8-16(15)21/h3-10,18H,11-13H2,1-2H3. The summed E-state index contributed by atoms with van der Waals surface area (Å²) in [7, 11) is 1.59. The van der Waals surface area contributed by atoms with Gasteiger partial charge in [0.05, 0.1) is 12.8 Å². The van der Waals surface area contributed by atoms with Crippen molar-refractivity contribution in [1.29, 1.82) is 0 Å². The first-order chi connectivity index (χ1) is 12.5. The number of piperazine rings is 1. The third-order valence-corrected chi connectivity index (χ3v) is 5.42. The quantitative estimate of drug-likeness (QED) is 0.768. The number of anilines is 1. The van der Waals surface area contributed by atoms with E-state index in [0.717, 1.165) is 15.7 Å². The van der Waals surface area contributed by atoms with E-state index in [1.165, 1.54) is 6.92 Å². The number of carbonyl (C=O) groups is 2. The molecule has 0 radical (unpaired) electrons. The minimum atomic E-state index is -0.537. The number of methoxy groups -OCH3 is 1. The number of halogens is 1. The van der Waals surface area contributed by atoms with E-state index < -0.39 is 6.04 Å². The van der Waals surface area contributed by atoms with Crippen LogP contribution >= 0.6 is 15.9 Å². The number of hydrogen-bond donors (Lipinski definition) is 0. The second-order valence-corrected chi connectivity index (χ2v) is 7.04. The number of ether oxygens (including phenoxy) is 1. The predicted molar refractivity (Wildman–Crippen MR) is 104 cm³/mol. The van der Waals surface area contributed by atoms with Crippen molar-refractivity contribution in [2.75, 3.05) is 25.1 Å². The fourth-order valence-corrected chi connectivity index (χ4v) is 3.77. The first-order valence-electron chi connectivity index (χ1n) is 8.48. The van der Waals surface area contributed by atoms with Crippen LogP contribution in [0.1, 0.15) is 12.5 Å². The van der Waals surface area contributed by atoms with Gasteiger partial charge in [0.2, 0.25) is 11.8 Å². The Balaban J connectivity index is 1.94. The smallest absolute Gasteiger partial charge is 0.250 e. The van der Waals surface area contributed by atoms with Crippen molar-refractivity contribution >= 4 is 33.4 Å². The van der Waals surface area contributed by atoms with Gasteiger partial charge in [0, 0.05) is 30.9 Å². The van der Waals surface area contributed by atoms with Gasteiger partial charge in [-0.1, -0.05) is 46.3 Å². The van der Waals surface area contributed by atoms with Crippen molar-refractivity contribution in [2.45, 2.75) is 19.4 Å². The third kappa shape index (κ3) is 3.60. The molecule has 1 aliphatic rings. The van der Waals surface area contributed by atoms with Gasteiger partial charge in [-0.3, -0.25) is 9.59 Å². The Labute approximate surface area is 161 Å². The lowest BCUT2D eigenvalue weighted by Crippen LogP contribution is -2.59. The Kier molecular flexibility index (Phi) is 5.61. The van der Waals surface area contributed by atoms with E-state index in [2.05, 4.69) is 15.9 Å². The molecule has 0 saturated carbocycles. The summed E-state index contributed by atoms with van der Waals surface area (Å²) < 4.78 is 6.35. The Morgan fingerprint density at radius 2 is 1.85 bits per heavy atom. The summed E-state index contributed by atoms with van der Waals surface area (Å²) in [5.74, 6) is 0.471. The zero-order valence-electron chi connectivity index (χ0n) is 14.8. The molecular weight excluding hydrogens is 396 g/mol. The molecular formula is C20H21BrN2O3. The van der Waals surface area contributed by atoms with Crippen LogP contribution in [0.15, 0.2) is 53.0 Å². The summed E-state index contributed by atoms with van der Waals surface area (Å²) in [6.45, 7) is 2.46. The van der Waals surface area contributed by atoms with Gasteiger partial charge in [-0.05, 0) is 23.8 Å². The molecule has 1 unspecified atom stereocenters. The molecule has 1 fully saturated rings. The van der Waals surface area contributed by atoms with Gasteiger partial charge in [0.1, 0.15) is 11.8 Å². The number of nitrogens with zero attached hydrogens (tertiary/aromatic N) is 2. The summed E-state index contributed by atoms with van der Waals surface area (Å²) in [6.07, 6.45) is 0.464. The molecule has 0 N–H and O–H groups in total. The summed E-state index contributed by atoms with van der Waals surface area (Å²) in [5, 5.41) is 0. The van der Waals surface area contributed by atoms with Gasteiger partial charge in [-0.2, -0.15) is 0 Å². The second kappa shape index (κ2) is 7.91. The molecule has 2 aromatic rings. The van der Waals surface area contributed by atoms with Crippen LogP contribution in [0.5, 0.6) is 5.75 Å². The molecule has 1 saturated heterocycles. The largest absolute Gasteiger partial charge is 0.495 e. The SMILES string of the molecule is COc1ccccc1N1CCN(C(C)=O)C(Cc2ccccc2Br)C1=O. The summed E-state index contributed by atoms with van der Waals surface area (Å²) >= 11 is 3.53. The normalized spacial score (nSPS) is 17.3. The van der Waals surface area contributed by atoms with E-state index >= 15 is 0 Å². The molecule has 136 valence electrons. The lowest BCUT2D eigenvalue weighted by molar-refractivity contribution is -0.139. The van der Waals surface area contributed by atoms with Gasteiger partial charge in [0.25, 0.3) is 0 Å². The van der Waals surface area contributed by atoms with E-state index in [0.29, 0.717) is 25.3 Å². The molecule has 0 aromatic heterocycles. The van der Waals surface area contributed by atoms with E-state index in [9.17, 15) is 9.59 Å². The van der Waals surface area contributed by atoms with Crippen LogP contribution in [0.4, 0.5) is 5.69 Å². The molecule has 3 rings (SSSR count). The fourth-order valence-electron chi connectivity index (χ4n) is 3.33. The van der Waals surface area contributed by atoms with Crippen LogP contribution in [-0.4, -0.2) is 43.0 Å². The minimum Gasteiger partial charge on any atom is -0.495 e. The molecule has 5 nitrogen and oxygen atoms in total. The monoisotopic (exact) mass is 416 g/mol. The first-order valence-corrected chi connectivity index (χ1v) is 9.27. The number of rotatable bonds is 4. The van der Waals surface area contributed by atoms with Crippen molar-refractivity contribution < 1.29 is 14.3 Å². The average Bonchev–Trinajstić information content (AvgIpc) is 2.64. The van der Waals surface area contributed by atoms with Crippen LogP contribution < -0.4 is 9.64 Å². The maximum atomic E-state index is 13.3. The number of carbonyl (C=O) groups excluding carboxylic acids is 2. The lowest BCUT2D eigenvalue weighted by Gasteiger charge is -2.40. The third-order valence-electron chi connectivity index (χ3n) is 4.64. The molecule has 1 heterocycles. The van der Waals surface area contributed by atoms with Crippen LogP contribution in [-0.2, 0) is 16.0 Å². The molecule has 0 bridgehead atoms. The van der Waals surface area contributed by atoms with Gasteiger partial charge >= 0.3 is 0 Å². The summed E-state index contributed by atoms with van der Waals surface area (Å²) in [6, 6.07) is 14.7. The predicted octanol–water partition coefficient (Wildman–Crippen LogP) is 3.26. The van der Waals surface area contributed by atoms with E-state index in [1.54, 1.807) is 16.9 Å². The highest BCUT2D eigenvalue weighted by Crippen LogP contribution is 2.31. The highest BCUT2D eigenvalue weighted by Gasteiger charge is 2.37. The van der Waals surface area contributed by atoms with Gasteiger partial charge in [0.15, 0.2) is 0 Å². The maximum Gasteiger partial charge on any atom is 0.250 e. The van der Waals surface area contributed by atoms with E-state index in [-0.39, 0.29) is 11.8 Å². The van der Waals surface area contributed by atoms with E-state index in [4.69, 9.17) is 4.74 Å². The van der Waals surface area contributed by atoms with Crippen LogP contribution in [0, 0.1) is 0 Å². The minimum absolute atomic E-state index is 0.0879. The van der Waals surface area contributed by atoms with Gasteiger partial charge in [-0.25, -0.2) is 0 Å². The fraction of sp³-hybridized carbons (Fsp3) is 0.300. The summed E-state index contributed by atoms with van der Waals surface area (Å²) in [5.41, 5.74) is 1.74. The zero-order chi connectivity index (χ0) is 18.7. The second-order valence-electron chi connectivity index (χ2n) is 6.19. The maximum absolute atomic E-state index is 13.3. The Morgan fingerprint density at radius 1 is 1.15 bits per heavy atom. The van der Waals surface area contributed by atoms with Crippen molar-refractivity contribution in [3.05, 3.63) is 58.6 Å². The highest BCUT2D eigenvalue weighted by molar-refractivity contribution is 9.10. The van der Waals surface area contributed by atoms with E-state index in [1.807, 2.05) is 48.5 Å². The number of benzene rings is 2. The molecule has 2 aromatic carbocycles. The van der Waals surface area contributed by atoms with Crippen molar-refractivity contribution in [3.8, 4) is 5.75 Å². The number of amides is 2. The molecule has 0 aliphatic carbocycles. The Morgan fingerprint density at radius 3 is 2.54 bits per heavy atom. The summed E-state index contributed by atoms with van der Waals surface area (Å²) in [4.78, 5) is 28.8. The lowest BCUT2D eigenvalue weighted by atomic mass is 10.0. The first kappa shape index (κ1) is 18.5. The number of hydrogen-bond acceptors (Lipinski definition) is 3. The van der Waals surface area contributed by atoms with Gasteiger partial charge in [-0.15, -0.1) is 0 Å². The number of para-hydroxylation sites is 2. The van der Waals surface area contributed by atoms with Crippen molar-refractivity contribution in [1.82, 2.24) is 4.90 Å². The molecule has 1 aliphatic heterocycles. The van der Waals surface area contributed by atoms with Crippen LogP contribution in [0.25, 0.3) is 0 Å². The topological polar surface area (TPSA) is 49.9 Å². The average molecular weight is 417 g/mol. The van der Waals surface area contributed by atoms with Crippen LogP contribution in [0.2, 0.25) is 0 Å². The Hall–Kier alpha value is -2.34. The Bertz CT molecular complexity index is 824. The molecule has 0 spiro atoms.